The molecular formula is C9H15NO2. The van der Waals surface area contributed by atoms with Crippen LogP contribution in [0.5, 0.6) is 0 Å². The molecule has 0 N–H and O–H groups in total. The molecule has 1 rings (SSSR count). The Hall–Kier alpha value is -0.990. The van der Waals surface area contributed by atoms with Gasteiger partial charge in [0.1, 0.15) is 5.60 Å². The average molecular weight is 169 g/mol. The van der Waals surface area contributed by atoms with Crippen molar-refractivity contribution < 1.29 is 9.53 Å². The summed E-state index contributed by atoms with van der Waals surface area (Å²) in [5.74, 6) is 0. The third kappa shape index (κ3) is 2.26. The Kier molecular flexibility index (Phi) is 2.13. The van der Waals surface area contributed by atoms with Crippen molar-refractivity contribution in [3.63, 3.8) is 0 Å². The summed E-state index contributed by atoms with van der Waals surface area (Å²) in [7, 11) is 0. The third-order valence-corrected chi connectivity index (χ3v) is 1.55. The van der Waals surface area contributed by atoms with Crippen molar-refractivity contribution in [2.75, 3.05) is 6.54 Å². The molecule has 1 atom stereocenters. The summed E-state index contributed by atoms with van der Waals surface area (Å²) < 4.78 is 5.13. The summed E-state index contributed by atoms with van der Waals surface area (Å²) in [6, 6.07) is 0.194. The maximum absolute atomic E-state index is 11.2. The van der Waals surface area contributed by atoms with Crippen molar-refractivity contribution in [3.8, 4) is 0 Å². The van der Waals surface area contributed by atoms with Crippen LogP contribution in [0.4, 0.5) is 4.79 Å². The summed E-state index contributed by atoms with van der Waals surface area (Å²) in [6.45, 7) is 9.93. The lowest BCUT2D eigenvalue weighted by atomic mass is 10.2. The van der Waals surface area contributed by atoms with E-state index in [1.807, 2.05) is 20.8 Å². The molecule has 12 heavy (non-hydrogen) atoms. The maximum atomic E-state index is 11.2. The van der Waals surface area contributed by atoms with E-state index in [1.165, 1.54) is 0 Å². The Morgan fingerprint density at radius 3 is 2.58 bits per heavy atom. The summed E-state index contributed by atoms with van der Waals surface area (Å²) in [6.07, 6.45) is 1.51. The van der Waals surface area contributed by atoms with E-state index in [0.29, 0.717) is 0 Å². The lowest BCUT2D eigenvalue weighted by Crippen LogP contribution is -2.27. The summed E-state index contributed by atoms with van der Waals surface area (Å²) >= 11 is 0. The van der Waals surface area contributed by atoms with Crippen molar-refractivity contribution in [1.29, 1.82) is 0 Å². The standard InChI is InChI=1S/C9H15NO2/c1-5-7-6-10(7)8(11)12-9(2,3)4/h5,7H,1,6H2,2-4H3. The van der Waals surface area contributed by atoms with Crippen LogP contribution in [0.15, 0.2) is 12.7 Å². The van der Waals surface area contributed by atoms with Gasteiger partial charge in [0, 0.05) is 6.54 Å². The van der Waals surface area contributed by atoms with Gasteiger partial charge in [0.05, 0.1) is 6.04 Å². The second-order valence-corrected chi connectivity index (χ2v) is 3.94. The molecule has 0 spiro atoms. The highest BCUT2D eigenvalue weighted by Gasteiger charge is 2.38. The zero-order chi connectivity index (χ0) is 9.35. The number of nitrogens with zero attached hydrogens (tertiary/aromatic N) is 1. The lowest BCUT2D eigenvalue weighted by molar-refractivity contribution is 0.0413. The smallest absolute Gasteiger partial charge is 0.410 e. The maximum Gasteiger partial charge on any atom is 0.410 e. The number of hydrogen-bond donors (Lipinski definition) is 0. The van der Waals surface area contributed by atoms with E-state index >= 15 is 0 Å². The zero-order valence-electron chi connectivity index (χ0n) is 7.83. The molecule has 68 valence electrons. The highest BCUT2D eigenvalue weighted by molar-refractivity contribution is 5.72. The first-order valence-electron chi connectivity index (χ1n) is 4.06. The van der Waals surface area contributed by atoms with E-state index in [4.69, 9.17) is 4.74 Å². The summed E-state index contributed by atoms with van der Waals surface area (Å²) in [5, 5.41) is 0. The van der Waals surface area contributed by atoms with Gasteiger partial charge in [-0.1, -0.05) is 6.08 Å². The SMILES string of the molecule is C=CC1CN1C(=O)OC(C)(C)C. The molecule has 1 aliphatic heterocycles. The van der Waals surface area contributed by atoms with Crippen LogP contribution in [-0.2, 0) is 4.74 Å². The largest absolute Gasteiger partial charge is 0.444 e. The first-order valence-corrected chi connectivity index (χ1v) is 4.06. The van der Waals surface area contributed by atoms with Gasteiger partial charge >= 0.3 is 6.09 Å². The van der Waals surface area contributed by atoms with Crippen molar-refractivity contribution in [3.05, 3.63) is 12.7 Å². The molecule has 3 nitrogen and oxygen atoms in total. The van der Waals surface area contributed by atoms with E-state index < -0.39 is 5.60 Å². The number of rotatable bonds is 1. The van der Waals surface area contributed by atoms with E-state index in [9.17, 15) is 4.79 Å². The fourth-order valence-electron chi connectivity index (χ4n) is 0.887. The number of carbonyl (C=O) groups excluding carboxylic acids is 1. The molecule has 1 saturated heterocycles. The monoisotopic (exact) mass is 169 g/mol. The highest BCUT2D eigenvalue weighted by Crippen LogP contribution is 2.21. The first-order chi connectivity index (χ1) is 5.44. The Bertz CT molecular complexity index is 205. The average Bonchev–Trinajstić information content (AvgIpc) is 2.60. The fraction of sp³-hybridized carbons (Fsp3) is 0.667. The molecule has 0 aliphatic carbocycles. The van der Waals surface area contributed by atoms with Gasteiger partial charge in [-0.05, 0) is 20.8 Å². The Morgan fingerprint density at radius 2 is 2.25 bits per heavy atom. The van der Waals surface area contributed by atoms with Gasteiger partial charge < -0.3 is 4.74 Å². The molecule has 0 aromatic carbocycles. The van der Waals surface area contributed by atoms with Crippen LogP contribution in [0.25, 0.3) is 0 Å². The molecule has 1 fully saturated rings. The van der Waals surface area contributed by atoms with Crippen LogP contribution < -0.4 is 0 Å². The minimum atomic E-state index is -0.397. The van der Waals surface area contributed by atoms with E-state index in [2.05, 4.69) is 6.58 Å². The number of carbonyl (C=O) groups is 1. The number of hydrogen-bond acceptors (Lipinski definition) is 2. The van der Waals surface area contributed by atoms with Crippen LogP contribution >= 0.6 is 0 Å². The molecule has 0 radical (unpaired) electrons. The quantitative estimate of drug-likeness (QED) is 0.442. The van der Waals surface area contributed by atoms with Crippen LogP contribution in [-0.4, -0.2) is 29.2 Å². The van der Waals surface area contributed by atoms with Gasteiger partial charge in [-0.3, -0.25) is 4.90 Å². The van der Waals surface area contributed by atoms with Gasteiger partial charge in [-0.15, -0.1) is 6.58 Å². The molecule has 0 aromatic heterocycles. The van der Waals surface area contributed by atoms with E-state index in [1.54, 1.807) is 11.0 Å². The van der Waals surface area contributed by atoms with Gasteiger partial charge in [-0.25, -0.2) is 4.79 Å². The van der Waals surface area contributed by atoms with E-state index in [0.717, 1.165) is 6.54 Å². The van der Waals surface area contributed by atoms with E-state index in [-0.39, 0.29) is 12.1 Å². The zero-order valence-corrected chi connectivity index (χ0v) is 7.83. The van der Waals surface area contributed by atoms with Gasteiger partial charge in [0.15, 0.2) is 0 Å². The molecule has 1 aliphatic rings. The van der Waals surface area contributed by atoms with Gasteiger partial charge in [-0.2, -0.15) is 0 Å². The predicted octanol–water partition coefficient (Wildman–Crippen LogP) is 1.79. The summed E-state index contributed by atoms with van der Waals surface area (Å²) in [5.41, 5.74) is -0.397. The number of ether oxygens (including phenoxy) is 1. The predicted molar refractivity (Wildman–Crippen MR) is 46.9 cm³/mol. The summed E-state index contributed by atoms with van der Waals surface area (Å²) in [4.78, 5) is 12.9. The Balaban J connectivity index is 2.36. The minimum absolute atomic E-state index is 0.194. The van der Waals surface area contributed by atoms with Crippen molar-refractivity contribution in [2.45, 2.75) is 32.4 Å². The van der Waals surface area contributed by atoms with Crippen LogP contribution in [0.1, 0.15) is 20.8 Å². The van der Waals surface area contributed by atoms with Crippen molar-refractivity contribution in [2.24, 2.45) is 0 Å². The van der Waals surface area contributed by atoms with Crippen LogP contribution in [0.3, 0.4) is 0 Å². The topological polar surface area (TPSA) is 29.3 Å². The third-order valence-electron chi connectivity index (χ3n) is 1.55. The molecule has 3 heteroatoms. The normalized spacial score (nSPS) is 21.9. The molecule has 0 bridgehead atoms. The van der Waals surface area contributed by atoms with Crippen LogP contribution in [0, 0.1) is 0 Å². The van der Waals surface area contributed by atoms with Gasteiger partial charge in [0.2, 0.25) is 0 Å². The molecule has 1 unspecified atom stereocenters. The molecule has 0 aromatic rings. The lowest BCUT2D eigenvalue weighted by Gasteiger charge is -2.19. The Morgan fingerprint density at radius 1 is 1.67 bits per heavy atom. The molecule has 0 saturated carbocycles. The Labute approximate surface area is 73.0 Å². The van der Waals surface area contributed by atoms with Crippen molar-refractivity contribution in [1.82, 2.24) is 4.90 Å². The van der Waals surface area contributed by atoms with Crippen LogP contribution in [0.2, 0.25) is 0 Å². The van der Waals surface area contributed by atoms with Crippen molar-refractivity contribution >= 4 is 6.09 Å². The first kappa shape index (κ1) is 9.10. The molecule has 1 amide bonds. The fourth-order valence-corrected chi connectivity index (χ4v) is 0.887. The number of amides is 1. The molecule has 1 heterocycles. The second kappa shape index (κ2) is 2.81. The minimum Gasteiger partial charge on any atom is -0.444 e. The molecular weight excluding hydrogens is 154 g/mol. The second-order valence-electron chi connectivity index (χ2n) is 3.94. The van der Waals surface area contributed by atoms with Gasteiger partial charge in [0.25, 0.3) is 0 Å². The highest BCUT2D eigenvalue weighted by atomic mass is 16.6.